The van der Waals surface area contributed by atoms with Crippen LogP contribution in [0.5, 0.6) is 0 Å². The van der Waals surface area contributed by atoms with Crippen molar-refractivity contribution in [1.29, 1.82) is 0 Å². The van der Waals surface area contributed by atoms with E-state index in [-0.39, 0.29) is 6.42 Å². The summed E-state index contributed by atoms with van der Waals surface area (Å²) in [5, 5.41) is 0. The third-order valence-electron chi connectivity index (χ3n) is 2.56. The molecule has 1 aliphatic heterocycles. The number of rotatable bonds is 1. The molecule has 1 fully saturated rings. The maximum absolute atomic E-state index is 11.4. The Kier molecular flexibility index (Phi) is 2.44. The Morgan fingerprint density at radius 2 is 1.87 bits per heavy atom. The molecule has 4 heteroatoms. The summed E-state index contributed by atoms with van der Waals surface area (Å²) in [7, 11) is 0. The topological polar surface area (TPSA) is 26.3 Å². The van der Waals surface area contributed by atoms with Gasteiger partial charge in [0, 0.05) is 6.42 Å². The van der Waals surface area contributed by atoms with E-state index in [2.05, 4.69) is 0 Å². The number of carbonyl (C=O) groups excluding carboxylic acids is 1. The molecule has 1 saturated heterocycles. The molecule has 0 aliphatic carbocycles. The third-order valence-corrected chi connectivity index (χ3v) is 3.14. The van der Waals surface area contributed by atoms with Gasteiger partial charge in [-0.05, 0) is 12.5 Å². The van der Waals surface area contributed by atoms with Crippen molar-refractivity contribution in [2.45, 2.75) is 23.3 Å². The molecule has 1 unspecified atom stereocenters. The highest BCUT2D eigenvalue weighted by Gasteiger charge is 2.53. The highest BCUT2D eigenvalue weighted by Crippen LogP contribution is 2.46. The van der Waals surface area contributed by atoms with Gasteiger partial charge in [-0.3, -0.25) is 0 Å². The van der Waals surface area contributed by atoms with Gasteiger partial charge in [-0.25, -0.2) is 4.79 Å². The lowest BCUT2D eigenvalue weighted by Crippen LogP contribution is -2.21. The summed E-state index contributed by atoms with van der Waals surface area (Å²) in [6.07, 6.45) is 0.270. The van der Waals surface area contributed by atoms with E-state index in [1.807, 2.05) is 37.3 Å². The summed E-state index contributed by atoms with van der Waals surface area (Å²) in [5.41, 5.74) is 0.184. The second-order valence-corrected chi connectivity index (χ2v) is 5.35. The number of hydrogen-bond acceptors (Lipinski definition) is 2. The first-order valence-corrected chi connectivity index (χ1v) is 5.36. The molecule has 0 bridgehead atoms. The van der Waals surface area contributed by atoms with Crippen molar-refractivity contribution in [3.05, 3.63) is 35.9 Å². The molecule has 1 atom stereocenters. The zero-order valence-electron chi connectivity index (χ0n) is 8.17. The van der Waals surface area contributed by atoms with E-state index in [1.165, 1.54) is 0 Å². The Balaban J connectivity index is 2.36. The zero-order valence-corrected chi connectivity index (χ0v) is 9.68. The lowest BCUT2D eigenvalue weighted by atomic mass is 9.93. The van der Waals surface area contributed by atoms with Crippen molar-refractivity contribution in [2.24, 2.45) is 0 Å². The van der Waals surface area contributed by atoms with Crippen LogP contribution in [0.3, 0.4) is 0 Å². The number of halogens is 2. The Bertz CT molecular complexity index is 389. The van der Waals surface area contributed by atoms with Crippen LogP contribution in [0.4, 0.5) is 0 Å². The summed E-state index contributed by atoms with van der Waals surface area (Å²) in [6, 6.07) is 9.46. The standard InChI is InChI=1S/C11H10Cl2O2/c1-10(8-5-3-2-4-6-8)7-11(12,13)9(14)15-10/h2-6H,7H2,1H3. The molecule has 1 heterocycles. The van der Waals surface area contributed by atoms with Crippen LogP contribution in [0.1, 0.15) is 18.9 Å². The van der Waals surface area contributed by atoms with E-state index in [0.717, 1.165) is 5.56 Å². The summed E-state index contributed by atoms with van der Waals surface area (Å²) in [5.74, 6) is -0.572. The number of ether oxygens (including phenoxy) is 1. The van der Waals surface area contributed by atoms with Crippen molar-refractivity contribution >= 4 is 29.2 Å². The molecule has 1 aromatic carbocycles. The first-order chi connectivity index (χ1) is 6.94. The van der Waals surface area contributed by atoms with Crippen LogP contribution in [-0.4, -0.2) is 10.3 Å². The van der Waals surface area contributed by atoms with E-state index in [4.69, 9.17) is 27.9 Å². The van der Waals surface area contributed by atoms with Gasteiger partial charge in [-0.2, -0.15) is 0 Å². The predicted octanol–water partition coefficient (Wildman–Crippen LogP) is 3.02. The van der Waals surface area contributed by atoms with Crippen molar-refractivity contribution in [3.63, 3.8) is 0 Å². The fraction of sp³-hybridized carbons (Fsp3) is 0.364. The molecule has 1 aliphatic rings. The molecule has 0 saturated carbocycles. The van der Waals surface area contributed by atoms with Gasteiger partial charge in [0.25, 0.3) is 0 Å². The molecule has 2 rings (SSSR count). The van der Waals surface area contributed by atoms with Crippen LogP contribution >= 0.6 is 23.2 Å². The van der Waals surface area contributed by atoms with Gasteiger partial charge in [0.2, 0.25) is 4.33 Å². The average Bonchev–Trinajstić information content (AvgIpc) is 2.38. The smallest absolute Gasteiger partial charge is 0.343 e. The Hall–Kier alpha value is -0.730. The number of alkyl halides is 2. The fourth-order valence-electron chi connectivity index (χ4n) is 1.76. The van der Waals surface area contributed by atoms with E-state index in [0.29, 0.717) is 0 Å². The van der Waals surface area contributed by atoms with Crippen LogP contribution in [0.25, 0.3) is 0 Å². The van der Waals surface area contributed by atoms with Gasteiger partial charge >= 0.3 is 5.97 Å². The fourth-order valence-corrected chi connectivity index (χ4v) is 2.35. The minimum atomic E-state index is -1.43. The molecule has 80 valence electrons. The van der Waals surface area contributed by atoms with Gasteiger partial charge in [0.05, 0.1) is 0 Å². The Morgan fingerprint density at radius 3 is 2.33 bits per heavy atom. The highest BCUT2D eigenvalue weighted by atomic mass is 35.5. The number of esters is 1. The summed E-state index contributed by atoms with van der Waals surface area (Å²) in [4.78, 5) is 11.4. The van der Waals surface area contributed by atoms with Gasteiger partial charge in [-0.1, -0.05) is 53.5 Å². The van der Waals surface area contributed by atoms with Crippen LogP contribution in [0.15, 0.2) is 30.3 Å². The van der Waals surface area contributed by atoms with E-state index in [9.17, 15) is 4.79 Å². The van der Waals surface area contributed by atoms with Crippen LogP contribution in [-0.2, 0) is 15.1 Å². The molecular weight excluding hydrogens is 235 g/mol. The third kappa shape index (κ3) is 1.84. The maximum atomic E-state index is 11.4. The molecule has 2 nitrogen and oxygen atoms in total. The largest absolute Gasteiger partial charge is 0.452 e. The Morgan fingerprint density at radius 1 is 1.27 bits per heavy atom. The van der Waals surface area contributed by atoms with E-state index < -0.39 is 15.9 Å². The first-order valence-electron chi connectivity index (χ1n) is 4.61. The van der Waals surface area contributed by atoms with Crippen LogP contribution in [0.2, 0.25) is 0 Å². The molecular formula is C11H10Cl2O2. The van der Waals surface area contributed by atoms with Gasteiger partial charge in [0.1, 0.15) is 5.60 Å². The van der Waals surface area contributed by atoms with Gasteiger partial charge in [0.15, 0.2) is 0 Å². The van der Waals surface area contributed by atoms with Gasteiger partial charge in [-0.15, -0.1) is 0 Å². The number of carbonyl (C=O) groups is 1. The van der Waals surface area contributed by atoms with Crippen molar-refractivity contribution < 1.29 is 9.53 Å². The first kappa shape index (κ1) is 10.8. The molecule has 0 amide bonds. The molecule has 0 N–H and O–H groups in total. The highest BCUT2D eigenvalue weighted by molar-refractivity contribution is 6.58. The van der Waals surface area contributed by atoms with Crippen LogP contribution in [0, 0.1) is 0 Å². The number of benzene rings is 1. The SMILES string of the molecule is CC1(c2ccccc2)CC(Cl)(Cl)C(=O)O1. The maximum Gasteiger partial charge on any atom is 0.343 e. The normalized spacial score (nSPS) is 28.9. The van der Waals surface area contributed by atoms with Crippen molar-refractivity contribution in [2.75, 3.05) is 0 Å². The minimum absolute atomic E-state index is 0.270. The molecule has 0 spiro atoms. The molecule has 0 aromatic heterocycles. The summed E-state index contributed by atoms with van der Waals surface area (Å²) < 4.78 is 3.82. The lowest BCUT2D eigenvalue weighted by molar-refractivity contribution is -0.148. The summed E-state index contributed by atoms with van der Waals surface area (Å²) >= 11 is 11.7. The second kappa shape index (κ2) is 3.39. The lowest BCUT2D eigenvalue weighted by Gasteiger charge is -2.22. The second-order valence-electron chi connectivity index (χ2n) is 3.87. The van der Waals surface area contributed by atoms with Crippen molar-refractivity contribution in [3.8, 4) is 0 Å². The van der Waals surface area contributed by atoms with E-state index >= 15 is 0 Å². The zero-order chi connectivity index (χ0) is 11.1. The predicted molar refractivity (Wildman–Crippen MR) is 58.9 cm³/mol. The van der Waals surface area contributed by atoms with Crippen molar-refractivity contribution in [1.82, 2.24) is 0 Å². The monoisotopic (exact) mass is 244 g/mol. The number of cyclic esters (lactones) is 1. The van der Waals surface area contributed by atoms with Gasteiger partial charge < -0.3 is 4.74 Å². The summed E-state index contributed by atoms with van der Waals surface area (Å²) in [6.45, 7) is 1.81. The quantitative estimate of drug-likeness (QED) is 0.561. The molecule has 1 aromatic rings. The molecule has 0 radical (unpaired) electrons. The Labute approximate surface area is 98.1 Å². The van der Waals surface area contributed by atoms with E-state index in [1.54, 1.807) is 0 Å². The molecule has 15 heavy (non-hydrogen) atoms. The number of hydrogen-bond donors (Lipinski definition) is 0. The average molecular weight is 245 g/mol. The van der Waals surface area contributed by atoms with Crippen LogP contribution < -0.4 is 0 Å². The minimum Gasteiger partial charge on any atom is -0.452 e.